The lowest BCUT2D eigenvalue weighted by Crippen LogP contribution is -2.26. The Hall–Kier alpha value is -1.69. The van der Waals surface area contributed by atoms with Crippen molar-refractivity contribution in [2.45, 2.75) is 19.9 Å². The second-order valence-corrected chi connectivity index (χ2v) is 5.88. The number of hydrogen-bond acceptors (Lipinski definition) is 3. The van der Waals surface area contributed by atoms with Gasteiger partial charge in [-0.1, -0.05) is 13.8 Å². The molecule has 1 atom stereocenters. The molecule has 0 radical (unpaired) electrons. The van der Waals surface area contributed by atoms with Crippen molar-refractivity contribution >= 4 is 21.9 Å². The van der Waals surface area contributed by atoms with Gasteiger partial charge in [0.2, 0.25) is 0 Å². The Bertz CT molecular complexity index is 638. The molecule has 1 aromatic carbocycles. The highest BCUT2D eigenvalue weighted by Crippen LogP contribution is 2.30. The summed E-state index contributed by atoms with van der Waals surface area (Å²) in [6.07, 6.45) is 1.74. The number of halogens is 2. The van der Waals surface area contributed by atoms with Gasteiger partial charge in [-0.15, -0.1) is 0 Å². The van der Waals surface area contributed by atoms with Crippen LogP contribution in [-0.4, -0.2) is 22.9 Å². The molecule has 0 aliphatic rings. The van der Waals surface area contributed by atoms with Crippen molar-refractivity contribution in [3.8, 4) is 11.3 Å². The smallest absolute Gasteiger partial charge is 0.330 e. The Morgan fingerprint density at radius 1 is 1.33 bits per heavy atom. The maximum absolute atomic E-state index is 13.0. The van der Waals surface area contributed by atoms with Gasteiger partial charge in [0.15, 0.2) is 6.04 Å². The SMILES string of the molecule is COC(=O)C(C(C)C)n1cc(Br)c(-c2ccc(F)cc2)n1. The van der Waals surface area contributed by atoms with Crippen molar-refractivity contribution in [3.05, 3.63) is 40.8 Å². The lowest BCUT2D eigenvalue weighted by molar-refractivity contribution is -0.146. The van der Waals surface area contributed by atoms with E-state index in [2.05, 4.69) is 21.0 Å². The van der Waals surface area contributed by atoms with Crippen molar-refractivity contribution < 1.29 is 13.9 Å². The molecule has 1 unspecified atom stereocenters. The minimum absolute atomic E-state index is 0.0327. The maximum Gasteiger partial charge on any atom is 0.330 e. The fourth-order valence-electron chi connectivity index (χ4n) is 2.12. The number of methoxy groups -OCH3 is 1. The van der Waals surface area contributed by atoms with E-state index < -0.39 is 6.04 Å². The Morgan fingerprint density at radius 3 is 2.48 bits per heavy atom. The highest BCUT2D eigenvalue weighted by atomic mass is 79.9. The average molecular weight is 355 g/mol. The van der Waals surface area contributed by atoms with E-state index in [4.69, 9.17) is 4.74 Å². The predicted molar refractivity (Wildman–Crippen MR) is 81.2 cm³/mol. The van der Waals surface area contributed by atoms with Gasteiger partial charge >= 0.3 is 5.97 Å². The van der Waals surface area contributed by atoms with E-state index in [1.165, 1.54) is 19.2 Å². The van der Waals surface area contributed by atoms with Gasteiger partial charge in [-0.05, 0) is 46.1 Å². The second-order valence-electron chi connectivity index (χ2n) is 5.02. The van der Waals surface area contributed by atoms with Gasteiger partial charge < -0.3 is 4.74 Å². The molecule has 0 aliphatic heterocycles. The summed E-state index contributed by atoms with van der Waals surface area (Å²) in [5, 5.41) is 4.45. The van der Waals surface area contributed by atoms with E-state index in [9.17, 15) is 9.18 Å². The Labute approximate surface area is 131 Å². The summed E-state index contributed by atoms with van der Waals surface area (Å²) in [4.78, 5) is 11.9. The van der Waals surface area contributed by atoms with E-state index in [1.807, 2.05) is 13.8 Å². The lowest BCUT2D eigenvalue weighted by Gasteiger charge is -2.18. The summed E-state index contributed by atoms with van der Waals surface area (Å²) in [6.45, 7) is 3.85. The highest BCUT2D eigenvalue weighted by Gasteiger charge is 2.27. The largest absolute Gasteiger partial charge is 0.467 e. The molecule has 1 heterocycles. The summed E-state index contributed by atoms with van der Waals surface area (Å²) >= 11 is 3.43. The molecule has 0 saturated carbocycles. The van der Waals surface area contributed by atoms with Crippen molar-refractivity contribution in [2.24, 2.45) is 5.92 Å². The molecule has 6 heteroatoms. The average Bonchev–Trinajstić information content (AvgIpc) is 2.80. The van der Waals surface area contributed by atoms with Crippen molar-refractivity contribution in [1.82, 2.24) is 9.78 Å². The first-order chi connectivity index (χ1) is 9.93. The standard InChI is InChI=1S/C15H16BrFN2O2/c1-9(2)14(15(20)21-3)19-8-12(16)13(18-19)10-4-6-11(17)7-5-10/h4-9,14H,1-3H3. The minimum Gasteiger partial charge on any atom is -0.467 e. The topological polar surface area (TPSA) is 44.1 Å². The number of benzene rings is 1. The van der Waals surface area contributed by atoms with E-state index in [1.54, 1.807) is 23.0 Å². The molecule has 0 fully saturated rings. The quantitative estimate of drug-likeness (QED) is 0.784. The van der Waals surface area contributed by atoms with Crippen LogP contribution in [0.5, 0.6) is 0 Å². The van der Waals surface area contributed by atoms with Gasteiger partial charge in [0.05, 0.1) is 11.6 Å². The third kappa shape index (κ3) is 3.32. The van der Waals surface area contributed by atoms with Crippen LogP contribution < -0.4 is 0 Å². The Morgan fingerprint density at radius 2 is 1.95 bits per heavy atom. The van der Waals surface area contributed by atoms with Crippen LogP contribution in [0.15, 0.2) is 34.9 Å². The molecule has 4 nitrogen and oxygen atoms in total. The molecule has 0 spiro atoms. The normalized spacial score (nSPS) is 12.5. The minimum atomic E-state index is -0.500. The molecule has 0 aliphatic carbocycles. The van der Waals surface area contributed by atoms with Gasteiger partial charge in [-0.2, -0.15) is 5.10 Å². The van der Waals surface area contributed by atoms with Crippen LogP contribution in [0, 0.1) is 11.7 Å². The van der Waals surface area contributed by atoms with E-state index >= 15 is 0 Å². The van der Waals surface area contributed by atoms with Gasteiger partial charge in [-0.25, -0.2) is 9.18 Å². The zero-order chi connectivity index (χ0) is 15.6. The molecule has 1 aromatic heterocycles. The number of rotatable bonds is 4. The number of hydrogen-bond donors (Lipinski definition) is 0. The number of ether oxygens (including phenoxy) is 1. The summed E-state index contributed by atoms with van der Waals surface area (Å²) < 4.78 is 20.2. The van der Waals surface area contributed by atoms with Gasteiger partial charge in [0.1, 0.15) is 11.5 Å². The third-order valence-electron chi connectivity index (χ3n) is 3.16. The summed E-state index contributed by atoms with van der Waals surface area (Å²) in [7, 11) is 1.36. The van der Waals surface area contributed by atoms with Crippen LogP contribution in [-0.2, 0) is 9.53 Å². The molecule has 21 heavy (non-hydrogen) atoms. The molecule has 0 saturated heterocycles. The van der Waals surface area contributed by atoms with Crippen LogP contribution in [0.1, 0.15) is 19.9 Å². The zero-order valence-corrected chi connectivity index (χ0v) is 13.6. The van der Waals surface area contributed by atoms with Crippen LogP contribution in [0.4, 0.5) is 4.39 Å². The number of carbonyl (C=O) groups is 1. The molecule has 2 aromatic rings. The van der Waals surface area contributed by atoms with Crippen molar-refractivity contribution in [1.29, 1.82) is 0 Å². The zero-order valence-electron chi connectivity index (χ0n) is 12.0. The van der Waals surface area contributed by atoms with Crippen LogP contribution >= 0.6 is 15.9 Å². The summed E-state index contributed by atoms with van der Waals surface area (Å²) in [6, 6.07) is 5.55. The summed E-state index contributed by atoms with van der Waals surface area (Å²) in [5.74, 6) is -0.611. The van der Waals surface area contributed by atoms with E-state index in [0.717, 1.165) is 10.0 Å². The first-order valence-electron chi connectivity index (χ1n) is 6.52. The molecular formula is C15H16BrFN2O2. The number of carbonyl (C=O) groups excluding carboxylic acids is 1. The Kier molecular flexibility index (Phi) is 4.77. The fraction of sp³-hybridized carbons (Fsp3) is 0.333. The molecule has 2 rings (SSSR count). The van der Waals surface area contributed by atoms with Gasteiger partial charge in [-0.3, -0.25) is 4.68 Å². The second kappa shape index (κ2) is 6.39. The van der Waals surface area contributed by atoms with Gasteiger partial charge in [0.25, 0.3) is 0 Å². The van der Waals surface area contributed by atoms with Crippen molar-refractivity contribution in [2.75, 3.05) is 7.11 Å². The van der Waals surface area contributed by atoms with Gasteiger partial charge in [0, 0.05) is 11.8 Å². The number of aromatic nitrogens is 2. The maximum atomic E-state index is 13.0. The summed E-state index contributed by atoms with van der Waals surface area (Å²) in [5.41, 5.74) is 1.43. The molecular weight excluding hydrogens is 339 g/mol. The lowest BCUT2D eigenvalue weighted by atomic mass is 10.1. The number of esters is 1. The first kappa shape index (κ1) is 15.7. The van der Waals surface area contributed by atoms with E-state index in [0.29, 0.717) is 5.69 Å². The van der Waals surface area contributed by atoms with Crippen LogP contribution in [0.25, 0.3) is 11.3 Å². The predicted octanol–water partition coefficient (Wildman–Crippen LogP) is 3.82. The molecule has 0 amide bonds. The Balaban J connectivity index is 2.42. The monoisotopic (exact) mass is 354 g/mol. The third-order valence-corrected chi connectivity index (χ3v) is 3.74. The fourth-order valence-corrected chi connectivity index (χ4v) is 2.64. The van der Waals surface area contributed by atoms with Crippen LogP contribution in [0.2, 0.25) is 0 Å². The first-order valence-corrected chi connectivity index (χ1v) is 7.31. The molecule has 112 valence electrons. The molecule has 0 N–H and O–H groups in total. The highest BCUT2D eigenvalue weighted by molar-refractivity contribution is 9.10. The number of nitrogens with zero attached hydrogens (tertiary/aromatic N) is 2. The van der Waals surface area contributed by atoms with Crippen LogP contribution in [0.3, 0.4) is 0 Å². The van der Waals surface area contributed by atoms with E-state index in [-0.39, 0.29) is 17.7 Å². The molecule has 0 bridgehead atoms. The van der Waals surface area contributed by atoms with Crippen molar-refractivity contribution in [3.63, 3.8) is 0 Å².